The minimum Gasteiger partial charge on any atom is -0.331 e. The zero-order valence-electron chi connectivity index (χ0n) is 8.86. The molecule has 0 radical (unpaired) electrons. The molecule has 80 valence electrons. The minimum atomic E-state index is -0.0546. The van der Waals surface area contributed by atoms with Crippen molar-refractivity contribution in [3.05, 3.63) is 42.8 Å². The van der Waals surface area contributed by atoms with Crippen molar-refractivity contribution in [2.75, 3.05) is 13.1 Å². The number of hydrogen-bond donors (Lipinski definition) is 1. The van der Waals surface area contributed by atoms with Crippen molar-refractivity contribution in [3.63, 3.8) is 0 Å². The zero-order chi connectivity index (χ0) is 11.3. The van der Waals surface area contributed by atoms with E-state index < -0.39 is 0 Å². The molecule has 0 saturated carbocycles. The molecule has 0 aliphatic carbocycles. The van der Waals surface area contributed by atoms with Gasteiger partial charge in [0.1, 0.15) is 0 Å². The number of nitrogens with one attached hydrogen (secondary N) is 1. The normalized spacial score (nSPS) is 9.67. The first kappa shape index (κ1) is 11.2. The van der Waals surface area contributed by atoms with Crippen molar-refractivity contribution < 1.29 is 4.79 Å². The Bertz CT molecular complexity index is 358. The van der Waals surface area contributed by atoms with Crippen LogP contribution in [0.5, 0.6) is 0 Å². The van der Waals surface area contributed by atoms with Crippen LogP contribution in [-0.2, 0) is 0 Å². The van der Waals surface area contributed by atoms with E-state index in [-0.39, 0.29) is 5.91 Å². The molecule has 0 spiro atoms. The Balaban J connectivity index is 2.84. The SMILES string of the molecule is C=CCN(CC=C)C(=O)c1cn[nH]c1C. The second-order valence-corrected chi connectivity index (χ2v) is 3.20. The van der Waals surface area contributed by atoms with E-state index in [1.165, 1.54) is 6.20 Å². The van der Waals surface area contributed by atoms with Crippen molar-refractivity contribution in [2.24, 2.45) is 0 Å². The highest BCUT2D eigenvalue weighted by Crippen LogP contribution is 2.07. The van der Waals surface area contributed by atoms with Crippen LogP contribution < -0.4 is 0 Å². The molecule has 1 aromatic heterocycles. The molecule has 1 amide bonds. The molecule has 15 heavy (non-hydrogen) atoms. The van der Waals surface area contributed by atoms with Crippen LogP contribution in [0.3, 0.4) is 0 Å². The zero-order valence-corrected chi connectivity index (χ0v) is 8.86. The molecule has 0 bridgehead atoms. The molecule has 4 nitrogen and oxygen atoms in total. The van der Waals surface area contributed by atoms with Crippen LogP contribution >= 0.6 is 0 Å². The number of aromatic nitrogens is 2. The fourth-order valence-electron chi connectivity index (χ4n) is 1.29. The summed E-state index contributed by atoms with van der Waals surface area (Å²) in [7, 11) is 0. The van der Waals surface area contributed by atoms with Crippen molar-refractivity contribution in [1.29, 1.82) is 0 Å². The lowest BCUT2D eigenvalue weighted by molar-refractivity contribution is 0.0790. The Morgan fingerprint density at radius 1 is 1.53 bits per heavy atom. The van der Waals surface area contributed by atoms with Gasteiger partial charge in [-0.25, -0.2) is 0 Å². The van der Waals surface area contributed by atoms with Gasteiger partial charge in [-0.1, -0.05) is 12.2 Å². The molecule has 0 aliphatic heterocycles. The summed E-state index contributed by atoms with van der Waals surface area (Å²) in [6.45, 7) is 10.1. The Labute approximate surface area is 89.3 Å². The molecule has 0 fully saturated rings. The first-order chi connectivity index (χ1) is 7.20. The van der Waals surface area contributed by atoms with Gasteiger partial charge in [-0.3, -0.25) is 9.89 Å². The number of amides is 1. The monoisotopic (exact) mass is 205 g/mol. The molecule has 1 N–H and O–H groups in total. The Hall–Kier alpha value is -1.84. The molecule has 0 saturated heterocycles. The van der Waals surface area contributed by atoms with E-state index in [0.717, 1.165) is 5.69 Å². The van der Waals surface area contributed by atoms with Gasteiger partial charge in [0.2, 0.25) is 0 Å². The summed E-state index contributed by atoms with van der Waals surface area (Å²) >= 11 is 0. The average Bonchev–Trinajstić information content (AvgIpc) is 2.63. The van der Waals surface area contributed by atoms with E-state index in [1.54, 1.807) is 17.1 Å². The quantitative estimate of drug-likeness (QED) is 0.741. The van der Waals surface area contributed by atoms with E-state index in [2.05, 4.69) is 23.4 Å². The number of aryl methyl sites for hydroxylation is 1. The molecule has 1 rings (SSSR count). The molecule has 0 aromatic carbocycles. The fourth-order valence-corrected chi connectivity index (χ4v) is 1.29. The highest BCUT2D eigenvalue weighted by molar-refractivity contribution is 5.95. The van der Waals surface area contributed by atoms with Crippen molar-refractivity contribution in [1.82, 2.24) is 15.1 Å². The third-order valence-corrected chi connectivity index (χ3v) is 2.05. The van der Waals surface area contributed by atoms with Crippen molar-refractivity contribution in [2.45, 2.75) is 6.92 Å². The molecule has 0 aliphatic rings. The van der Waals surface area contributed by atoms with Gasteiger partial charge in [0, 0.05) is 18.8 Å². The van der Waals surface area contributed by atoms with E-state index in [1.807, 2.05) is 6.92 Å². The molecular formula is C11H15N3O. The molecule has 0 unspecified atom stereocenters. The van der Waals surface area contributed by atoms with Crippen LogP contribution in [0.25, 0.3) is 0 Å². The molecule has 4 heteroatoms. The number of nitrogens with zero attached hydrogens (tertiary/aromatic N) is 2. The van der Waals surface area contributed by atoms with Gasteiger partial charge in [-0.2, -0.15) is 5.10 Å². The smallest absolute Gasteiger partial charge is 0.257 e. The van der Waals surface area contributed by atoms with Crippen LogP contribution in [0, 0.1) is 6.92 Å². The minimum absolute atomic E-state index is 0.0546. The van der Waals surface area contributed by atoms with E-state index in [9.17, 15) is 4.79 Å². The summed E-state index contributed by atoms with van der Waals surface area (Å²) in [6.07, 6.45) is 4.92. The first-order valence-corrected chi connectivity index (χ1v) is 4.71. The first-order valence-electron chi connectivity index (χ1n) is 4.71. The Morgan fingerprint density at radius 2 is 2.13 bits per heavy atom. The predicted octanol–water partition coefficient (Wildman–Crippen LogP) is 1.53. The summed E-state index contributed by atoms with van der Waals surface area (Å²) in [5, 5.41) is 6.56. The summed E-state index contributed by atoms with van der Waals surface area (Å²) in [4.78, 5) is 13.6. The van der Waals surface area contributed by atoms with Gasteiger partial charge in [-0.05, 0) is 6.92 Å². The van der Waals surface area contributed by atoms with Gasteiger partial charge < -0.3 is 4.90 Å². The fraction of sp³-hybridized carbons (Fsp3) is 0.273. The van der Waals surface area contributed by atoms with Gasteiger partial charge >= 0.3 is 0 Å². The van der Waals surface area contributed by atoms with Crippen molar-refractivity contribution in [3.8, 4) is 0 Å². The van der Waals surface area contributed by atoms with Crippen molar-refractivity contribution >= 4 is 5.91 Å². The van der Waals surface area contributed by atoms with Gasteiger partial charge in [-0.15, -0.1) is 13.2 Å². The Kier molecular flexibility index (Phi) is 3.85. The second-order valence-electron chi connectivity index (χ2n) is 3.20. The topological polar surface area (TPSA) is 49.0 Å². The van der Waals surface area contributed by atoms with E-state index in [0.29, 0.717) is 18.7 Å². The maximum Gasteiger partial charge on any atom is 0.257 e. The van der Waals surface area contributed by atoms with Gasteiger partial charge in [0.15, 0.2) is 0 Å². The Morgan fingerprint density at radius 3 is 2.53 bits per heavy atom. The summed E-state index contributed by atoms with van der Waals surface area (Å²) in [5.74, 6) is -0.0546. The predicted molar refractivity (Wildman–Crippen MR) is 59.6 cm³/mol. The lowest BCUT2D eigenvalue weighted by Crippen LogP contribution is -2.31. The van der Waals surface area contributed by atoms with Crippen LogP contribution in [0.15, 0.2) is 31.5 Å². The van der Waals surface area contributed by atoms with E-state index >= 15 is 0 Å². The standard InChI is InChI=1S/C11H15N3O/c1-4-6-14(7-5-2)11(15)10-8-12-13-9(10)3/h4-5,8H,1-2,6-7H2,3H3,(H,12,13). The number of hydrogen-bond acceptors (Lipinski definition) is 2. The van der Waals surface area contributed by atoms with Crippen LogP contribution in [0.1, 0.15) is 16.1 Å². The number of aromatic amines is 1. The number of carbonyl (C=O) groups excluding carboxylic acids is 1. The largest absolute Gasteiger partial charge is 0.331 e. The number of rotatable bonds is 5. The molecule has 1 heterocycles. The molecule has 1 aromatic rings. The third-order valence-electron chi connectivity index (χ3n) is 2.05. The summed E-state index contributed by atoms with van der Waals surface area (Å²) < 4.78 is 0. The second kappa shape index (κ2) is 5.14. The average molecular weight is 205 g/mol. The number of carbonyl (C=O) groups is 1. The van der Waals surface area contributed by atoms with Crippen LogP contribution in [0.4, 0.5) is 0 Å². The maximum absolute atomic E-state index is 12.0. The number of H-pyrrole nitrogens is 1. The van der Waals surface area contributed by atoms with Crippen LogP contribution in [-0.4, -0.2) is 34.1 Å². The molecule has 0 atom stereocenters. The van der Waals surface area contributed by atoms with Crippen LogP contribution in [0.2, 0.25) is 0 Å². The summed E-state index contributed by atoms with van der Waals surface area (Å²) in [6, 6.07) is 0. The highest BCUT2D eigenvalue weighted by Gasteiger charge is 2.16. The lowest BCUT2D eigenvalue weighted by atomic mass is 10.2. The maximum atomic E-state index is 12.0. The van der Waals surface area contributed by atoms with E-state index in [4.69, 9.17) is 0 Å². The highest BCUT2D eigenvalue weighted by atomic mass is 16.2. The molecular weight excluding hydrogens is 190 g/mol. The third kappa shape index (κ3) is 2.56. The van der Waals surface area contributed by atoms with Gasteiger partial charge in [0.25, 0.3) is 5.91 Å². The summed E-state index contributed by atoms with van der Waals surface area (Å²) in [5.41, 5.74) is 1.37. The van der Waals surface area contributed by atoms with Gasteiger partial charge in [0.05, 0.1) is 11.8 Å². The lowest BCUT2D eigenvalue weighted by Gasteiger charge is -2.18.